The van der Waals surface area contributed by atoms with Crippen LogP contribution in [0.25, 0.3) is 0 Å². The number of hydrogen-bond acceptors (Lipinski definition) is 4. The Hall–Kier alpha value is -0.630. The fourth-order valence-electron chi connectivity index (χ4n) is 1.42. The standard InChI is InChI=1S/C11H22N2O2/c1-11(2,10-12)4-3-5-13(6-8-14)7-9-15/h14-15H,3-9H2,1-2H3. The summed E-state index contributed by atoms with van der Waals surface area (Å²) in [5.74, 6) is 0. The minimum Gasteiger partial charge on any atom is -0.395 e. The van der Waals surface area contributed by atoms with Crippen molar-refractivity contribution in [1.82, 2.24) is 4.90 Å². The molecule has 0 bridgehead atoms. The molecule has 88 valence electrons. The predicted molar refractivity (Wildman–Crippen MR) is 59.2 cm³/mol. The molecule has 0 aliphatic rings. The minimum absolute atomic E-state index is 0.113. The van der Waals surface area contributed by atoms with Crippen molar-refractivity contribution < 1.29 is 10.2 Å². The van der Waals surface area contributed by atoms with E-state index in [1.807, 2.05) is 18.7 Å². The maximum atomic E-state index is 8.82. The Morgan fingerprint density at radius 3 is 2.07 bits per heavy atom. The van der Waals surface area contributed by atoms with Gasteiger partial charge in [0.25, 0.3) is 0 Å². The van der Waals surface area contributed by atoms with Gasteiger partial charge >= 0.3 is 0 Å². The fourth-order valence-corrected chi connectivity index (χ4v) is 1.42. The molecule has 0 amide bonds. The van der Waals surface area contributed by atoms with Crippen molar-refractivity contribution in [2.75, 3.05) is 32.8 Å². The van der Waals surface area contributed by atoms with E-state index in [1.54, 1.807) is 0 Å². The smallest absolute Gasteiger partial charge is 0.0683 e. The highest BCUT2D eigenvalue weighted by Crippen LogP contribution is 2.20. The second kappa shape index (κ2) is 7.63. The molecule has 0 radical (unpaired) electrons. The van der Waals surface area contributed by atoms with Crippen LogP contribution in [0.2, 0.25) is 0 Å². The molecule has 0 unspecified atom stereocenters. The van der Waals surface area contributed by atoms with E-state index in [9.17, 15) is 0 Å². The molecule has 0 rings (SSSR count). The molecule has 0 atom stereocenters. The molecule has 0 saturated carbocycles. The van der Waals surface area contributed by atoms with Crippen LogP contribution in [0.1, 0.15) is 26.7 Å². The largest absolute Gasteiger partial charge is 0.395 e. The number of hydrogen-bond donors (Lipinski definition) is 2. The van der Waals surface area contributed by atoms with Gasteiger partial charge in [0.1, 0.15) is 0 Å². The third-order valence-corrected chi connectivity index (χ3v) is 2.41. The first kappa shape index (κ1) is 14.4. The molecule has 4 heteroatoms. The van der Waals surface area contributed by atoms with Gasteiger partial charge in [-0.3, -0.25) is 4.90 Å². The van der Waals surface area contributed by atoms with Gasteiger partial charge in [-0.15, -0.1) is 0 Å². The Morgan fingerprint density at radius 1 is 1.13 bits per heavy atom. The van der Waals surface area contributed by atoms with E-state index in [0.717, 1.165) is 19.4 Å². The number of aliphatic hydroxyl groups is 2. The lowest BCUT2D eigenvalue weighted by atomic mass is 9.90. The van der Waals surface area contributed by atoms with Gasteiger partial charge in [0.05, 0.1) is 24.7 Å². The molecular formula is C11H22N2O2. The van der Waals surface area contributed by atoms with E-state index < -0.39 is 0 Å². The molecule has 0 heterocycles. The minimum atomic E-state index is -0.274. The molecule has 0 aromatic carbocycles. The number of nitrogens with zero attached hydrogens (tertiary/aromatic N) is 2. The third-order valence-electron chi connectivity index (χ3n) is 2.41. The predicted octanol–water partition coefficient (Wildman–Crippen LogP) is 0.603. The van der Waals surface area contributed by atoms with Crippen LogP contribution in [0.5, 0.6) is 0 Å². The zero-order chi connectivity index (χ0) is 11.7. The van der Waals surface area contributed by atoms with Gasteiger partial charge in [-0.25, -0.2) is 0 Å². The van der Waals surface area contributed by atoms with Crippen molar-refractivity contribution in [3.8, 4) is 6.07 Å². The number of nitriles is 1. The van der Waals surface area contributed by atoms with Crippen LogP contribution in [0.3, 0.4) is 0 Å². The molecule has 0 aromatic heterocycles. The zero-order valence-electron chi connectivity index (χ0n) is 9.74. The molecule has 15 heavy (non-hydrogen) atoms. The summed E-state index contributed by atoms with van der Waals surface area (Å²) in [5, 5.41) is 26.4. The number of aliphatic hydroxyl groups excluding tert-OH is 2. The Balaban J connectivity index is 3.75. The van der Waals surface area contributed by atoms with E-state index in [4.69, 9.17) is 15.5 Å². The molecule has 0 saturated heterocycles. The van der Waals surface area contributed by atoms with Crippen molar-refractivity contribution in [1.29, 1.82) is 5.26 Å². The lowest BCUT2D eigenvalue weighted by molar-refractivity contribution is 0.156. The van der Waals surface area contributed by atoms with Crippen molar-refractivity contribution in [3.05, 3.63) is 0 Å². The normalized spacial score (nSPS) is 11.7. The summed E-state index contributed by atoms with van der Waals surface area (Å²) in [7, 11) is 0. The zero-order valence-corrected chi connectivity index (χ0v) is 9.74. The highest BCUT2D eigenvalue weighted by atomic mass is 16.3. The molecule has 0 aliphatic carbocycles. The second-order valence-corrected chi connectivity index (χ2v) is 4.39. The quantitative estimate of drug-likeness (QED) is 0.621. The van der Waals surface area contributed by atoms with E-state index in [2.05, 4.69) is 6.07 Å². The van der Waals surface area contributed by atoms with Crippen LogP contribution in [0.4, 0.5) is 0 Å². The van der Waals surface area contributed by atoms with Crippen LogP contribution in [-0.2, 0) is 0 Å². The molecule has 0 fully saturated rings. The van der Waals surface area contributed by atoms with Crippen molar-refractivity contribution in [2.24, 2.45) is 5.41 Å². The summed E-state index contributed by atoms with van der Waals surface area (Å²) >= 11 is 0. The Bertz CT molecular complexity index is 193. The molecule has 0 spiro atoms. The first-order chi connectivity index (χ1) is 7.05. The van der Waals surface area contributed by atoms with E-state index >= 15 is 0 Å². The average molecular weight is 214 g/mol. The van der Waals surface area contributed by atoms with Gasteiger partial charge in [0, 0.05) is 13.1 Å². The first-order valence-corrected chi connectivity index (χ1v) is 5.41. The molecular weight excluding hydrogens is 192 g/mol. The summed E-state index contributed by atoms with van der Waals surface area (Å²) in [4.78, 5) is 2.01. The van der Waals surface area contributed by atoms with Gasteiger partial charge in [0.15, 0.2) is 0 Å². The van der Waals surface area contributed by atoms with Crippen molar-refractivity contribution in [3.63, 3.8) is 0 Å². The number of rotatable bonds is 8. The van der Waals surface area contributed by atoms with Crippen LogP contribution in [-0.4, -0.2) is 48.0 Å². The first-order valence-electron chi connectivity index (χ1n) is 5.41. The van der Waals surface area contributed by atoms with Gasteiger partial charge in [-0.05, 0) is 33.2 Å². The summed E-state index contributed by atoms with van der Waals surface area (Å²) in [5.41, 5.74) is -0.274. The summed E-state index contributed by atoms with van der Waals surface area (Å²) in [6.07, 6.45) is 1.76. The van der Waals surface area contributed by atoms with E-state index in [0.29, 0.717) is 13.1 Å². The maximum absolute atomic E-state index is 8.82. The van der Waals surface area contributed by atoms with E-state index in [-0.39, 0.29) is 18.6 Å². The highest BCUT2D eigenvalue weighted by Gasteiger charge is 2.16. The lowest BCUT2D eigenvalue weighted by Crippen LogP contribution is -2.31. The maximum Gasteiger partial charge on any atom is 0.0683 e. The molecule has 0 aromatic rings. The summed E-state index contributed by atoms with van der Waals surface area (Å²) in [6, 6.07) is 2.26. The van der Waals surface area contributed by atoms with Gasteiger partial charge in [-0.2, -0.15) is 5.26 Å². The Labute approximate surface area is 92.1 Å². The van der Waals surface area contributed by atoms with Crippen LogP contribution >= 0.6 is 0 Å². The van der Waals surface area contributed by atoms with Crippen LogP contribution in [0, 0.1) is 16.7 Å². The summed E-state index contributed by atoms with van der Waals surface area (Å²) in [6.45, 7) is 6.08. The Kier molecular flexibility index (Phi) is 7.31. The highest BCUT2D eigenvalue weighted by molar-refractivity contribution is 4.91. The topological polar surface area (TPSA) is 67.5 Å². The summed E-state index contributed by atoms with van der Waals surface area (Å²) < 4.78 is 0. The second-order valence-electron chi connectivity index (χ2n) is 4.39. The molecule has 2 N–H and O–H groups in total. The van der Waals surface area contributed by atoms with Crippen LogP contribution in [0.15, 0.2) is 0 Å². The Morgan fingerprint density at radius 2 is 1.67 bits per heavy atom. The van der Waals surface area contributed by atoms with Gasteiger partial charge in [-0.1, -0.05) is 0 Å². The molecule has 4 nitrogen and oxygen atoms in total. The van der Waals surface area contributed by atoms with Crippen LogP contribution < -0.4 is 0 Å². The van der Waals surface area contributed by atoms with Gasteiger partial charge in [0.2, 0.25) is 0 Å². The van der Waals surface area contributed by atoms with E-state index in [1.165, 1.54) is 0 Å². The fraction of sp³-hybridized carbons (Fsp3) is 0.909. The van der Waals surface area contributed by atoms with Crippen molar-refractivity contribution >= 4 is 0 Å². The third kappa shape index (κ3) is 7.32. The lowest BCUT2D eigenvalue weighted by Gasteiger charge is -2.22. The monoisotopic (exact) mass is 214 g/mol. The molecule has 0 aliphatic heterocycles. The van der Waals surface area contributed by atoms with Crippen molar-refractivity contribution in [2.45, 2.75) is 26.7 Å². The van der Waals surface area contributed by atoms with Gasteiger partial charge < -0.3 is 10.2 Å². The average Bonchev–Trinajstić information content (AvgIpc) is 2.18. The SMILES string of the molecule is CC(C)(C#N)CCCN(CCO)CCO.